The van der Waals surface area contributed by atoms with Gasteiger partial charge in [-0.05, 0) is 0 Å². The largest absolute Gasteiger partial charge is 0.481 e. The molecule has 3 atom stereocenters. The van der Waals surface area contributed by atoms with Crippen molar-refractivity contribution < 1.29 is 25.2 Å². The number of rotatable bonds is 2. The highest BCUT2D eigenvalue weighted by atomic mass is 16.6. The lowest BCUT2D eigenvalue weighted by Gasteiger charge is -2.18. The third-order valence-corrected chi connectivity index (χ3v) is 1.47. The zero-order valence-electron chi connectivity index (χ0n) is 5.71. The average Bonchev–Trinajstić information content (AvgIpc) is 2.28. The predicted molar refractivity (Wildman–Crippen MR) is 34.7 cm³/mol. The Morgan fingerprint density at radius 3 is 2.64 bits per heavy atom. The first-order valence-electron chi connectivity index (χ1n) is 3.19. The summed E-state index contributed by atoms with van der Waals surface area (Å²) in [5, 5.41) is 35.1. The molecule has 5 nitrogen and oxygen atoms in total. The fraction of sp³-hybridized carbons (Fsp3) is 0.667. The number of hydrogen-bond donors (Lipinski definition) is 4. The SMILES string of the molecule is OC[C@@H](O)[C@@H]1OC(O)=C[C@H]1O. The maximum Gasteiger partial charge on any atom is 0.275 e. The van der Waals surface area contributed by atoms with Crippen LogP contribution in [0.25, 0.3) is 0 Å². The summed E-state index contributed by atoms with van der Waals surface area (Å²) in [6.45, 7) is -0.511. The van der Waals surface area contributed by atoms with Gasteiger partial charge in [0.15, 0.2) is 6.10 Å². The van der Waals surface area contributed by atoms with Crippen LogP contribution < -0.4 is 0 Å². The normalized spacial score (nSPS) is 32.8. The third kappa shape index (κ3) is 1.62. The van der Waals surface area contributed by atoms with Crippen LogP contribution in [0.2, 0.25) is 0 Å². The topological polar surface area (TPSA) is 90.2 Å². The maximum atomic E-state index is 9.03. The molecule has 64 valence electrons. The highest BCUT2D eigenvalue weighted by Crippen LogP contribution is 2.18. The Hall–Kier alpha value is -0.780. The Balaban J connectivity index is 2.52. The predicted octanol–water partition coefficient (Wildman–Crippen LogP) is -1.50. The van der Waals surface area contributed by atoms with Crippen molar-refractivity contribution in [2.45, 2.75) is 18.3 Å². The van der Waals surface area contributed by atoms with E-state index >= 15 is 0 Å². The summed E-state index contributed by atoms with van der Waals surface area (Å²) in [7, 11) is 0. The minimum absolute atomic E-state index is 0.421. The molecular formula is C6H10O5. The number of aliphatic hydroxyl groups excluding tert-OH is 4. The number of ether oxygens (including phenoxy) is 1. The van der Waals surface area contributed by atoms with Crippen molar-refractivity contribution in [2.24, 2.45) is 0 Å². The van der Waals surface area contributed by atoms with E-state index < -0.39 is 30.9 Å². The zero-order valence-corrected chi connectivity index (χ0v) is 5.71. The second-order valence-corrected chi connectivity index (χ2v) is 2.33. The van der Waals surface area contributed by atoms with Gasteiger partial charge in [-0.15, -0.1) is 0 Å². The molecular weight excluding hydrogens is 152 g/mol. The first-order valence-corrected chi connectivity index (χ1v) is 3.19. The van der Waals surface area contributed by atoms with Gasteiger partial charge in [-0.2, -0.15) is 0 Å². The molecule has 4 N–H and O–H groups in total. The van der Waals surface area contributed by atoms with Crippen molar-refractivity contribution in [2.75, 3.05) is 6.61 Å². The Kier molecular flexibility index (Phi) is 2.33. The van der Waals surface area contributed by atoms with E-state index in [2.05, 4.69) is 4.74 Å². The van der Waals surface area contributed by atoms with Crippen molar-refractivity contribution in [3.63, 3.8) is 0 Å². The summed E-state index contributed by atoms with van der Waals surface area (Å²) in [5.41, 5.74) is 0. The lowest BCUT2D eigenvalue weighted by Crippen LogP contribution is -2.37. The molecule has 0 fully saturated rings. The van der Waals surface area contributed by atoms with Crippen LogP contribution in [0.3, 0.4) is 0 Å². The molecule has 0 saturated carbocycles. The minimum atomic E-state index is -1.18. The van der Waals surface area contributed by atoms with Gasteiger partial charge in [0.1, 0.15) is 12.2 Å². The van der Waals surface area contributed by atoms with Gasteiger partial charge in [0.05, 0.1) is 6.61 Å². The summed E-state index contributed by atoms with van der Waals surface area (Å²) >= 11 is 0. The van der Waals surface area contributed by atoms with Crippen molar-refractivity contribution >= 4 is 0 Å². The van der Waals surface area contributed by atoms with Gasteiger partial charge in [0.25, 0.3) is 5.95 Å². The van der Waals surface area contributed by atoms with Gasteiger partial charge in [0, 0.05) is 6.08 Å². The molecule has 0 saturated heterocycles. The van der Waals surface area contributed by atoms with Crippen LogP contribution in [0.4, 0.5) is 0 Å². The van der Waals surface area contributed by atoms with Gasteiger partial charge >= 0.3 is 0 Å². The van der Waals surface area contributed by atoms with E-state index in [0.29, 0.717) is 0 Å². The van der Waals surface area contributed by atoms with E-state index in [0.717, 1.165) is 6.08 Å². The molecule has 1 aliphatic rings. The summed E-state index contributed by atoms with van der Waals surface area (Å²) in [4.78, 5) is 0. The molecule has 0 radical (unpaired) electrons. The molecule has 0 bridgehead atoms. The van der Waals surface area contributed by atoms with E-state index in [9.17, 15) is 0 Å². The Labute approximate surface area is 63.2 Å². The standard InChI is InChI=1S/C6H10O5/c7-2-4(9)6-3(8)1-5(10)11-6/h1,3-4,6-10H,2H2/t3-,4-,6-/m1/s1. The highest BCUT2D eigenvalue weighted by Gasteiger charge is 2.33. The van der Waals surface area contributed by atoms with E-state index in [4.69, 9.17) is 20.4 Å². The van der Waals surface area contributed by atoms with Gasteiger partial charge in [-0.25, -0.2) is 0 Å². The molecule has 5 heteroatoms. The second-order valence-electron chi connectivity index (χ2n) is 2.33. The van der Waals surface area contributed by atoms with Gasteiger partial charge < -0.3 is 25.2 Å². The molecule has 0 aromatic carbocycles. The maximum absolute atomic E-state index is 9.03. The Morgan fingerprint density at radius 2 is 2.27 bits per heavy atom. The highest BCUT2D eigenvalue weighted by molar-refractivity contribution is 5.02. The smallest absolute Gasteiger partial charge is 0.275 e. The van der Waals surface area contributed by atoms with Crippen molar-refractivity contribution in [1.82, 2.24) is 0 Å². The van der Waals surface area contributed by atoms with Crippen molar-refractivity contribution in [3.8, 4) is 0 Å². The molecule has 0 aliphatic carbocycles. The number of hydrogen-bond acceptors (Lipinski definition) is 5. The molecule has 11 heavy (non-hydrogen) atoms. The van der Waals surface area contributed by atoms with E-state index in [1.54, 1.807) is 0 Å². The quantitative estimate of drug-likeness (QED) is 0.396. The van der Waals surface area contributed by atoms with Crippen LogP contribution in [0.1, 0.15) is 0 Å². The molecule has 1 rings (SSSR count). The monoisotopic (exact) mass is 162 g/mol. The fourth-order valence-electron chi connectivity index (χ4n) is 0.899. The number of aliphatic hydroxyl groups is 4. The lowest BCUT2D eigenvalue weighted by atomic mass is 10.1. The Bertz CT molecular complexity index is 166. The Morgan fingerprint density at radius 1 is 1.64 bits per heavy atom. The van der Waals surface area contributed by atoms with E-state index in [-0.39, 0.29) is 0 Å². The summed E-state index contributed by atoms with van der Waals surface area (Å²) < 4.78 is 4.58. The van der Waals surface area contributed by atoms with Crippen LogP contribution in [0.15, 0.2) is 12.0 Å². The van der Waals surface area contributed by atoms with Crippen molar-refractivity contribution in [1.29, 1.82) is 0 Å². The third-order valence-electron chi connectivity index (χ3n) is 1.47. The zero-order chi connectivity index (χ0) is 8.43. The van der Waals surface area contributed by atoms with Crippen LogP contribution in [-0.4, -0.2) is 45.3 Å². The molecule has 0 amide bonds. The molecule has 0 aromatic rings. The summed E-state index contributed by atoms with van der Waals surface area (Å²) in [5.74, 6) is -0.421. The average molecular weight is 162 g/mol. The summed E-state index contributed by atoms with van der Waals surface area (Å²) in [6, 6.07) is 0. The second kappa shape index (κ2) is 3.08. The molecule has 0 aromatic heterocycles. The summed E-state index contributed by atoms with van der Waals surface area (Å²) in [6.07, 6.45) is -2.13. The molecule has 0 unspecified atom stereocenters. The first kappa shape index (κ1) is 8.32. The van der Waals surface area contributed by atoms with Gasteiger partial charge in [-0.3, -0.25) is 0 Å². The van der Waals surface area contributed by atoms with Crippen LogP contribution in [0.5, 0.6) is 0 Å². The molecule has 1 heterocycles. The molecule has 0 spiro atoms. The van der Waals surface area contributed by atoms with Gasteiger partial charge in [-0.1, -0.05) is 0 Å². The van der Waals surface area contributed by atoms with Crippen LogP contribution in [0, 0.1) is 0 Å². The van der Waals surface area contributed by atoms with Crippen molar-refractivity contribution in [3.05, 3.63) is 12.0 Å². The fourth-order valence-corrected chi connectivity index (χ4v) is 0.899. The lowest BCUT2D eigenvalue weighted by molar-refractivity contribution is -0.0780. The molecule has 1 aliphatic heterocycles. The first-order chi connectivity index (χ1) is 5.15. The van der Waals surface area contributed by atoms with Crippen LogP contribution >= 0.6 is 0 Å². The van der Waals surface area contributed by atoms with Crippen LogP contribution in [-0.2, 0) is 4.74 Å². The van der Waals surface area contributed by atoms with Gasteiger partial charge in [0.2, 0.25) is 0 Å². The van der Waals surface area contributed by atoms with E-state index in [1.165, 1.54) is 0 Å². The van der Waals surface area contributed by atoms with E-state index in [1.807, 2.05) is 0 Å². The minimum Gasteiger partial charge on any atom is -0.481 e.